The lowest BCUT2D eigenvalue weighted by Crippen LogP contribution is -2.35. The second kappa shape index (κ2) is 9.30. The number of hydrogen-bond donors (Lipinski definition) is 0. The number of hydrogen-bond acceptors (Lipinski definition) is 4. The molecule has 2 fully saturated rings. The predicted octanol–water partition coefficient (Wildman–Crippen LogP) is 5.57. The molecule has 3 aliphatic rings. The van der Waals surface area contributed by atoms with Crippen molar-refractivity contribution in [2.75, 3.05) is 19.7 Å². The van der Waals surface area contributed by atoms with Gasteiger partial charge in [-0.05, 0) is 47.9 Å². The summed E-state index contributed by atoms with van der Waals surface area (Å²) in [4.78, 5) is 13.1. The van der Waals surface area contributed by atoms with Crippen LogP contribution in [0.15, 0.2) is 78.9 Å². The van der Waals surface area contributed by atoms with Gasteiger partial charge in [0.2, 0.25) is 0 Å². The normalized spacial score (nSPS) is 23.7. The first-order chi connectivity index (χ1) is 16.3. The van der Waals surface area contributed by atoms with Crippen LogP contribution in [0.1, 0.15) is 41.2 Å². The summed E-state index contributed by atoms with van der Waals surface area (Å²) in [6.45, 7) is 3.67. The minimum atomic E-state index is -0.00511. The molecule has 33 heavy (non-hydrogen) atoms. The Labute approximate surface area is 196 Å². The van der Waals surface area contributed by atoms with Gasteiger partial charge in [0.1, 0.15) is 12.7 Å². The van der Waals surface area contributed by atoms with Crippen molar-refractivity contribution in [3.05, 3.63) is 101 Å². The maximum absolute atomic E-state index is 6.68. The third-order valence-electron chi connectivity index (χ3n) is 7.71. The molecular weight excluding hydrogens is 410 g/mol. The van der Waals surface area contributed by atoms with E-state index in [-0.39, 0.29) is 6.10 Å². The van der Waals surface area contributed by atoms with Crippen molar-refractivity contribution in [3.8, 4) is 5.75 Å². The second-order valence-corrected chi connectivity index (χ2v) is 9.64. The van der Waals surface area contributed by atoms with Crippen LogP contribution in [0.25, 0.3) is 0 Å². The Balaban J connectivity index is 1.10. The lowest BCUT2D eigenvalue weighted by Gasteiger charge is -2.28. The van der Waals surface area contributed by atoms with Crippen LogP contribution < -0.4 is 4.89 Å². The molecule has 0 amide bonds. The van der Waals surface area contributed by atoms with Gasteiger partial charge in [-0.15, -0.1) is 0 Å². The van der Waals surface area contributed by atoms with Crippen molar-refractivity contribution in [1.29, 1.82) is 0 Å². The van der Waals surface area contributed by atoms with E-state index in [9.17, 15) is 0 Å². The van der Waals surface area contributed by atoms with Crippen LogP contribution in [0.2, 0.25) is 0 Å². The number of rotatable bonds is 8. The van der Waals surface area contributed by atoms with Crippen LogP contribution in [-0.2, 0) is 22.7 Å². The van der Waals surface area contributed by atoms with Crippen molar-refractivity contribution in [1.82, 2.24) is 4.90 Å². The average molecular weight is 442 g/mol. The summed E-state index contributed by atoms with van der Waals surface area (Å²) < 4.78 is 6.68. The van der Waals surface area contributed by atoms with Gasteiger partial charge in [-0.3, -0.25) is 4.90 Å². The number of nitrogens with zero attached hydrogens (tertiary/aromatic N) is 1. The standard InChI is InChI=1S/C29H31NO3/c1-3-7-22(8-4-1)29(23-9-5-2-6-10-23)31-20-26-24-13-14-27(26)30(18-24)16-15-21-11-12-25-19-32-33-28(25)17-21/h1-12,17,24,26-27,29H,13-16,18-20H2/t24-,26?,27-/m0/s1. The van der Waals surface area contributed by atoms with Gasteiger partial charge in [0.15, 0.2) is 5.75 Å². The number of piperidine rings is 1. The molecule has 6 rings (SSSR count). The smallest absolute Gasteiger partial charge is 0.171 e. The highest BCUT2D eigenvalue weighted by molar-refractivity contribution is 5.38. The highest BCUT2D eigenvalue weighted by atomic mass is 17.2. The Morgan fingerprint density at radius 2 is 1.67 bits per heavy atom. The van der Waals surface area contributed by atoms with Gasteiger partial charge in [-0.1, -0.05) is 72.8 Å². The molecule has 4 nitrogen and oxygen atoms in total. The summed E-state index contributed by atoms with van der Waals surface area (Å²) in [6.07, 6.45) is 3.67. The molecule has 3 aromatic carbocycles. The zero-order valence-corrected chi connectivity index (χ0v) is 18.9. The van der Waals surface area contributed by atoms with Crippen LogP contribution in [0.3, 0.4) is 0 Å². The molecule has 3 atom stereocenters. The molecule has 1 saturated carbocycles. The zero-order valence-electron chi connectivity index (χ0n) is 18.9. The monoisotopic (exact) mass is 441 g/mol. The minimum absolute atomic E-state index is 0.00511. The van der Waals surface area contributed by atoms with E-state index in [0.717, 1.165) is 36.8 Å². The molecule has 0 spiro atoms. The van der Waals surface area contributed by atoms with Gasteiger partial charge in [0.05, 0.1) is 6.61 Å². The Bertz CT molecular complexity index is 1030. The number of likely N-dealkylation sites (tertiary alicyclic amines) is 1. The van der Waals surface area contributed by atoms with E-state index >= 15 is 0 Å². The molecule has 1 aliphatic carbocycles. The van der Waals surface area contributed by atoms with Gasteiger partial charge in [-0.2, -0.15) is 4.89 Å². The Hall–Kier alpha value is -2.66. The van der Waals surface area contributed by atoms with E-state index in [4.69, 9.17) is 14.5 Å². The van der Waals surface area contributed by atoms with Gasteiger partial charge in [-0.25, -0.2) is 0 Å². The van der Waals surface area contributed by atoms with Gasteiger partial charge in [0, 0.05) is 30.6 Å². The fourth-order valence-electron chi connectivity index (χ4n) is 5.98. The van der Waals surface area contributed by atoms with Crippen molar-refractivity contribution < 1.29 is 14.5 Å². The Morgan fingerprint density at radius 3 is 2.42 bits per heavy atom. The van der Waals surface area contributed by atoms with Crippen LogP contribution in [-0.4, -0.2) is 30.6 Å². The molecule has 2 heterocycles. The summed E-state index contributed by atoms with van der Waals surface area (Å²) in [5.41, 5.74) is 4.92. The minimum Gasteiger partial charge on any atom is -0.368 e. The lowest BCUT2D eigenvalue weighted by molar-refractivity contribution is -0.194. The van der Waals surface area contributed by atoms with E-state index in [1.54, 1.807) is 0 Å². The summed E-state index contributed by atoms with van der Waals surface area (Å²) >= 11 is 0. The van der Waals surface area contributed by atoms with Crippen molar-refractivity contribution in [2.24, 2.45) is 11.8 Å². The fraction of sp³-hybridized carbons (Fsp3) is 0.379. The molecule has 1 saturated heterocycles. The van der Waals surface area contributed by atoms with E-state index < -0.39 is 0 Å². The highest BCUT2D eigenvalue weighted by Crippen LogP contribution is 2.44. The number of ether oxygens (including phenoxy) is 1. The van der Waals surface area contributed by atoms with E-state index in [2.05, 4.69) is 83.8 Å². The topological polar surface area (TPSA) is 30.9 Å². The molecular formula is C29H31NO3. The van der Waals surface area contributed by atoms with Crippen LogP contribution in [0.4, 0.5) is 0 Å². The molecule has 0 aromatic heterocycles. The van der Waals surface area contributed by atoms with E-state index in [0.29, 0.717) is 18.6 Å². The maximum atomic E-state index is 6.68. The first kappa shape index (κ1) is 20.9. The quantitative estimate of drug-likeness (QED) is 0.428. The molecule has 0 radical (unpaired) electrons. The fourth-order valence-corrected chi connectivity index (χ4v) is 5.98. The highest BCUT2D eigenvalue weighted by Gasteiger charge is 2.46. The van der Waals surface area contributed by atoms with Crippen LogP contribution in [0.5, 0.6) is 5.75 Å². The molecule has 2 bridgehead atoms. The van der Waals surface area contributed by atoms with Gasteiger partial charge in [0.25, 0.3) is 0 Å². The lowest BCUT2D eigenvalue weighted by atomic mass is 9.98. The summed E-state index contributed by atoms with van der Waals surface area (Å²) in [5.74, 6) is 2.25. The predicted molar refractivity (Wildman–Crippen MR) is 128 cm³/mol. The summed E-state index contributed by atoms with van der Waals surface area (Å²) in [6, 6.07) is 28.4. The Kier molecular flexibility index (Phi) is 5.89. The molecule has 0 N–H and O–H groups in total. The molecule has 1 unspecified atom stereocenters. The van der Waals surface area contributed by atoms with Crippen LogP contribution >= 0.6 is 0 Å². The second-order valence-electron chi connectivity index (χ2n) is 9.64. The van der Waals surface area contributed by atoms with E-state index in [1.165, 1.54) is 36.1 Å². The molecule has 3 aromatic rings. The summed E-state index contributed by atoms with van der Waals surface area (Å²) in [5, 5.41) is 0. The number of fused-ring (bicyclic) bond motifs is 3. The summed E-state index contributed by atoms with van der Waals surface area (Å²) in [7, 11) is 0. The average Bonchev–Trinajstić information content (AvgIpc) is 3.58. The van der Waals surface area contributed by atoms with Gasteiger partial charge >= 0.3 is 0 Å². The Morgan fingerprint density at radius 1 is 0.909 bits per heavy atom. The van der Waals surface area contributed by atoms with Crippen molar-refractivity contribution in [3.63, 3.8) is 0 Å². The molecule has 2 aliphatic heterocycles. The maximum Gasteiger partial charge on any atom is 0.171 e. The van der Waals surface area contributed by atoms with Crippen molar-refractivity contribution in [2.45, 2.75) is 38.0 Å². The SMILES string of the molecule is c1ccc(C(OCC2[C@H]3CC[C@@H]2N(CCc2ccc4c(c2)OOC4)C3)c2ccccc2)cc1. The first-order valence-corrected chi connectivity index (χ1v) is 12.2. The van der Waals surface area contributed by atoms with Gasteiger partial charge < -0.3 is 9.62 Å². The molecule has 4 heteroatoms. The zero-order chi connectivity index (χ0) is 22.0. The van der Waals surface area contributed by atoms with Crippen LogP contribution in [0, 0.1) is 11.8 Å². The largest absolute Gasteiger partial charge is 0.368 e. The number of benzene rings is 3. The van der Waals surface area contributed by atoms with Crippen molar-refractivity contribution >= 4 is 0 Å². The van der Waals surface area contributed by atoms with E-state index in [1.807, 2.05) is 0 Å². The molecule has 170 valence electrons. The third-order valence-corrected chi connectivity index (χ3v) is 7.71. The first-order valence-electron chi connectivity index (χ1n) is 12.2. The third kappa shape index (κ3) is 4.31.